The lowest BCUT2D eigenvalue weighted by Crippen LogP contribution is -2.36. The Labute approximate surface area is 220 Å². The molecule has 1 N–H and O–H groups in total. The first-order valence-electron chi connectivity index (χ1n) is 11.2. The summed E-state index contributed by atoms with van der Waals surface area (Å²) in [5, 5.41) is 19.2. The van der Waals surface area contributed by atoms with Crippen molar-refractivity contribution in [2.24, 2.45) is 0 Å². The first-order valence-corrected chi connectivity index (χ1v) is 12.4. The van der Waals surface area contributed by atoms with Gasteiger partial charge in [0.05, 0.1) is 45.2 Å². The average Bonchev–Trinajstić information content (AvgIpc) is 3.40. The van der Waals surface area contributed by atoms with Gasteiger partial charge in [0.1, 0.15) is 22.4 Å². The van der Waals surface area contributed by atoms with E-state index < -0.39 is 5.97 Å². The average molecular weight is 525 g/mol. The van der Waals surface area contributed by atoms with Gasteiger partial charge in [-0.2, -0.15) is 0 Å². The molecule has 7 nitrogen and oxygen atoms in total. The fourth-order valence-corrected chi connectivity index (χ4v) is 4.42. The van der Waals surface area contributed by atoms with Crippen molar-refractivity contribution < 1.29 is 28.7 Å². The zero-order chi connectivity index (χ0) is 26.3. The van der Waals surface area contributed by atoms with Crippen LogP contribution in [0.25, 0.3) is 17.4 Å². The van der Waals surface area contributed by atoms with E-state index in [-0.39, 0.29) is 18.1 Å². The first-order chi connectivity index (χ1) is 17.1. The number of nitrogens with zero attached hydrogens (tertiary/aromatic N) is 2. The number of carboxylic acids is 1. The van der Waals surface area contributed by atoms with E-state index in [2.05, 4.69) is 21.1 Å². The summed E-state index contributed by atoms with van der Waals surface area (Å²) in [6.07, 6.45) is 1.67. The van der Waals surface area contributed by atoms with Crippen LogP contribution in [0.2, 0.25) is 0 Å². The minimum atomic E-state index is -1.23. The van der Waals surface area contributed by atoms with Crippen LogP contribution in [0.5, 0.6) is 0 Å². The van der Waals surface area contributed by atoms with E-state index in [4.69, 9.17) is 21.7 Å². The monoisotopic (exact) mass is 524 g/mol. The summed E-state index contributed by atoms with van der Waals surface area (Å²) in [5.74, 6) is -0.292. The van der Waals surface area contributed by atoms with Gasteiger partial charge >= 0.3 is 0 Å². The number of aromatic carboxylic acids is 1. The standard InChI is InChI=1S/C22H15NO4S2.C5H14NO/c24-20-19(29-22(28)23(20)13-14-4-2-1-3-5-14)12-17-10-11-18(27-17)15-6-8-16(9-7-15)21(25)26;1-6(2,3)4-5-7/h1-12H,13H2,(H,25,26);7H,4-5H2,1-3H3/q;+1/p-1/b19-12-;. The Bertz CT molecular complexity index is 1250. The lowest BCUT2D eigenvalue weighted by atomic mass is 10.1. The molecule has 4 rings (SSSR count). The van der Waals surface area contributed by atoms with Crippen LogP contribution < -0.4 is 5.11 Å². The van der Waals surface area contributed by atoms with Gasteiger partial charge in [-0.3, -0.25) is 9.69 Å². The largest absolute Gasteiger partial charge is 0.545 e. The smallest absolute Gasteiger partial charge is 0.266 e. The van der Waals surface area contributed by atoms with Crippen molar-refractivity contribution in [1.82, 2.24) is 4.90 Å². The van der Waals surface area contributed by atoms with Crippen LogP contribution in [0.4, 0.5) is 0 Å². The summed E-state index contributed by atoms with van der Waals surface area (Å²) in [6.45, 7) is 1.54. The fourth-order valence-electron chi connectivity index (χ4n) is 3.19. The third-order valence-electron chi connectivity index (χ3n) is 5.13. The summed E-state index contributed by atoms with van der Waals surface area (Å²) in [5.41, 5.74) is 1.83. The van der Waals surface area contributed by atoms with E-state index >= 15 is 0 Å². The van der Waals surface area contributed by atoms with Gasteiger partial charge in [-0.1, -0.05) is 78.6 Å². The highest BCUT2D eigenvalue weighted by Crippen LogP contribution is 2.34. The van der Waals surface area contributed by atoms with E-state index in [1.807, 2.05) is 30.3 Å². The van der Waals surface area contributed by atoms with Gasteiger partial charge < -0.3 is 23.9 Å². The number of carbonyl (C=O) groups excluding carboxylic acids is 2. The molecule has 1 saturated heterocycles. The van der Waals surface area contributed by atoms with Crippen LogP contribution in [0.3, 0.4) is 0 Å². The van der Waals surface area contributed by atoms with Gasteiger partial charge in [-0.25, -0.2) is 0 Å². The predicted octanol–water partition coefficient (Wildman–Crippen LogP) is 3.40. The number of thioether (sulfide) groups is 1. The van der Waals surface area contributed by atoms with Gasteiger partial charge in [-0.15, -0.1) is 0 Å². The maximum atomic E-state index is 12.7. The Morgan fingerprint density at radius 2 is 1.75 bits per heavy atom. The molecule has 1 fully saturated rings. The van der Waals surface area contributed by atoms with Gasteiger partial charge in [0.2, 0.25) is 0 Å². The number of furan rings is 1. The van der Waals surface area contributed by atoms with E-state index in [0.717, 1.165) is 22.2 Å². The SMILES string of the molecule is C[N+](C)(C)CCO.O=C([O-])c1ccc(-c2ccc(/C=C3\SC(=S)N(Cc4ccccc4)C3=O)o2)cc1. The molecule has 2 aromatic carbocycles. The fraction of sp³-hybridized carbons (Fsp3) is 0.222. The number of carboxylic acid groups (broad SMARTS) is 1. The van der Waals surface area contributed by atoms with Gasteiger partial charge in [0.15, 0.2) is 0 Å². The van der Waals surface area contributed by atoms with Gasteiger partial charge in [0, 0.05) is 11.6 Å². The lowest BCUT2D eigenvalue weighted by Gasteiger charge is -2.21. The summed E-state index contributed by atoms with van der Waals surface area (Å²) < 4.78 is 7.16. The number of aliphatic hydroxyl groups is 1. The summed E-state index contributed by atoms with van der Waals surface area (Å²) >= 11 is 6.61. The quantitative estimate of drug-likeness (QED) is 0.288. The van der Waals surface area contributed by atoms with Crippen molar-refractivity contribution >= 4 is 46.3 Å². The van der Waals surface area contributed by atoms with E-state index in [1.165, 1.54) is 23.9 Å². The molecule has 0 unspecified atom stereocenters. The van der Waals surface area contributed by atoms with E-state index in [9.17, 15) is 14.7 Å². The lowest BCUT2D eigenvalue weighted by molar-refractivity contribution is -0.870. The Kier molecular flexibility index (Phi) is 9.22. The molecule has 1 aliphatic heterocycles. The molecule has 0 atom stereocenters. The molecule has 9 heteroatoms. The molecule has 0 aliphatic carbocycles. The first kappa shape index (κ1) is 27.3. The van der Waals surface area contributed by atoms with Crippen LogP contribution in [-0.4, -0.2) is 65.0 Å². The molecule has 1 aliphatic rings. The summed E-state index contributed by atoms with van der Waals surface area (Å²) in [7, 11) is 6.16. The van der Waals surface area contributed by atoms with Crippen LogP contribution in [0, 0.1) is 0 Å². The van der Waals surface area contributed by atoms with Crippen LogP contribution in [0.15, 0.2) is 76.1 Å². The number of hydrogen-bond acceptors (Lipinski definition) is 7. The molecule has 0 bridgehead atoms. The Hall–Kier alpha value is -3.24. The third kappa shape index (κ3) is 7.63. The highest BCUT2D eigenvalue weighted by Gasteiger charge is 2.32. The van der Waals surface area contributed by atoms with Crippen molar-refractivity contribution in [3.05, 3.63) is 88.5 Å². The summed E-state index contributed by atoms with van der Waals surface area (Å²) in [4.78, 5) is 25.7. The molecule has 1 amide bonds. The van der Waals surface area contributed by atoms with Crippen LogP contribution >= 0.6 is 24.0 Å². The molecule has 2 heterocycles. The molecule has 36 heavy (non-hydrogen) atoms. The molecule has 3 aromatic rings. The van der Waals surface area contributed by atoms with Crippen LogP contribution in [0.1, 0.15) is 21.7 Å². The zero-order valence-corrected chi connectivity index (χ0v) is 22.0. The number of quaternary nitrogens is 1. The number of carbonyl (C=O) groups is 2. The minimum Gasteiger partial charge on any atom is -0.545 e. The molecule has 0 spiro atoms. The Morgan fingerprint density at radius 3 is 2.31 bits per heavy atom. The van der Waals surface area contributed by atoms with Gasteiger partial charge in [-0.05, 0) is 23.3 Å². The van der Waals surface area contributed by atoms with Crippen molar-refractivity contribution in [1.29, 1.82) is 0 Å². The number of likely N-dealkylation sites (N-methyl/N-ethyl adjacent to an activating group) is 1. The molecule has 0 saturated carbocycles. The number of benzene rings is 2. The van der Waals surface area contributed by atoms with Crippen LogP contribution in [-0.2, 0) is 11.3 Å². The Balaban J connectivity index is 0.000000454. The number of amides is 1. The number of thiocarbonyl (C=S) groups is 1. The Morgan fingerprint density at radius 1 is 1.08 bits per heavy atom. The maximum absolute atomic E-state index is 12.7. The topological polar surface area (TPSA) is 93.8 Å². The zero-order valence-electron chi connectivity index (χ0n) is 20.3. The number of hydrogen-bond donors (Lipinski definition) is 1. The normalized spacial score (nSPS) is 14.7. The molecule has 0 radical (unpaired) electrons. The number of rotatable bonds is 7. The molecule has 188 valence electrons. The van der Waals surface area contributed by atoms with E-state index in [1.54, 1.807) is 35.2 Å². The van der Waals surface area contributed by atoms with Crippen molar-refractivity contribution in [3.8, 4) is 11.3 Å². The second-order valence-corrected chi connectivity index (χ2v) is 10.7. The molecular formula is C27H28N2O5S2. The second-order valence-electron chi connectivity index (χ2n) is 9.06. The second kappa shape index (κ2) is 12.1. The van der Waals surface area contributed by atoms with E-state index in [0.29, 0.717) is 27.3 Å². The summed E-state index contributed by atoms with van der Waals surface area (Å²) in [6, 6.07) is 19.4. The molecule has 1 aromatic heterocycles. The predicted molar refractivity (Wildman–Crippen MR) is 144 cm³/mol. The van der Waals surface area contributed by atoms with Crippen molar-refractivity contribution in [2.75, 3.05) is 34.3 Å². The van der Waals surface area contributed by atoms with Crippen molar-refractivity contribution in [3.63, 3.8) is 0 Å². The highest BCUT2D eigenvalue weighted by atomic mass is 32.2. The molecular weight excluding hydrogens is 496 g/mol. The minimum absolute atomic E-state index is 0.0996. The number of aliphatic hydroxyl groups excluding tert-OH is 1. The van der Waals surface area contributed by atoms with Crippen molar-refractivity contribution in [2.45, 2.75) is 6.54 Å². The maximum Gasteiger partial charge on any atom is 0.266 e. The third-order valence-corrected chi connectivity index (χ3v) is 6.51. The highest BCUT2D eigenvalue weighted by molar-refractivity contribution is 8.26. The van der Waals surface area contributed by atoms with Gasteiger partial charge in [0.25, 0.3) is 5.91 Å².